The second-order valence-electron chi connectivity index (χ2n) is 6.75. The highest BCUT2D eigenvalue weighted by Crippen LogP contribution is 2.37. The van der Waals surface area contributed by atoms with Gasteiger partial charge in [-0.2, -0.15) is 0 Å². The van der Waals surface area contributed by atoms with Crippen LogP contribution in [0.4, 0.5) is 5.69 Å². The predicted octanol–water partition coefficient (Wildman–Crippen LogP) is 3.86. The zero-order valence-corrected chi connectivity index (χ0v) is 13.1. The van der Waals surface area contributed by atoms with Crippen molar-refractivity contribution in [1.29, 1.82) is 0 Å². The normalized spacial score (nSPS) is 19.9. The zero-order chi connectivity index (χ0) is 14.1. The third-order valence-corrected chi connectivity index (χ3v) is 4.51. The van der Waals surface area contributed by atoms with Crippen LogP contribution in [0, 0.1) is 11.8 Å². The first-order valence-corrected chi connectivity index (χ1v) is 8.28. The lowest BCUT2D eigenvalue weighted by atomic mass is 10.0. The SMILES string of the molecule is CC(N)Cc1cc(Cl)ccc1N(CC1CC1)CC1CC1. The van der Waals surface area contributed by atoms with Gasteiger partial charge in [-0.3, -0.25) is 0 Å². The van der Waals surface area contributed by atoms with Crippen LogP contribution in [-0.4, -0.2) is 19.1 Å². The maximum absolute atomic E-state index is 6.18. The van der Waals surface area contributed by atoms with Gasteiger partial charge in [0.25, 0.3) is 0 Å². The van der Waals surface area contributed by atoms with Gasteiger partial charge >= 0.3 is 0 Å². The first kappa shape index (κ1) is 14.2. The molecule has 0 aromatic heterocycles. The minimum absolute atomic E-state index is 0.177. The van der Waals surface area contributed by atoms with E-state index in [9.17, 15) is 0 Å². The third kappa shape index (κ3) is 3.89. The van der Waals surface area contributed by atoms with Gasteiger partial charge < -0.3 is 10.6 Å². The number of halogens is 1. The van der Waals surface area contributed by atoms with E-state index in [0.29, 0.717) is 0 Å². The lowest BCUT2D eigenvalue weighted by molar-refractivity contribution is 0.669. The van der Waals surface area contributed by atoms with Crippen LogP contribution in [0.5, 0.6) is 0 Å². The number of hydrogen-bond donors (Lipinski definition) is 1. The summed E-state index contributed by atoms with van der Waals surface area (Å²) in [6.45, 7) is 4.49. The summed E-state index contributed by atoms with van der Waals surface area (Å²) in [5.74, 6) is 1.82. The van der Waals surface area contributed by atoms with E-state index in [0.717, 1.165) is 23.3 Å². The summed E-state index contributed by atoms with van der Waals surface area (Å²) in [5, 5.41) is 0.821. The molecular weight excluding hydrogens is 268 g/mol. The van der Waals surface area contributed by atoms with Crippen LogP contribution in [0.1, 0.15) is 38.2 Å². The fourth-order valence-electron chi connectivity index (χ4n) is 2.87. The quantitative estimate of drug-likeness (QED) is 0.827. The van der Waals surface area contributed by atoms with Gasteiger partial charge in [0.15, 0.2) is 0 Å². The van der Waals surface area contributed by atoms with Gasteiger partial charge in [0, 0.05) is 29.8 Å². The molecule has 2 aliphatic carbocycles. The van der Waals surface area contributed by atoms with Crippen molar-refractivity contribution in [3.63, 3.8) is 0 Å². The second-order valence-corrected chi connectivity index (χ2v) is 7.18. The van der Waals surface area contributed by atoms with Gasteiger partial charge in [-0.15, -0.1) is 0 Å². The Balaban J connectivity index is 1.82. The van der Waals surface area contributed by atoms with Gasteiger partial charge in [0.2, 0.25) is 0 Å². The van der Waals surface area contributed by atoms with Crippen molar-refractivity contribution in [3.05, 3.63) is 28.8 Å². The van der Waals surface area contributed by atoms with E-state index in [1.54, 1.807) is 0 Å². The molecule has 1 atom stereocenters. The van der Waals surface area contributed by atoms with E-state index in [1.165, 1.54) is 50.0 Å². The topological polar surface area (TPSA) is 29.3 Å². The smallest absolute Gasteiger partial charge is 0.0410 e. The summed E-state index contributed by atoms with van der Waals surface area (Å²) in [4.78, 5) is 2.60. The number of nitrogens with two attached hydrogens (primary N) is 1. The van der Waals surface area contributed by atoms with E-state index < -0.39 is 0 Å². The van der Waals surface area contributed by atoms with Crippen molar-refractivity contribution in [2.45, 2.75) is 45.1 Å². The largest absolute Gasteiger partial charge is 0.371 e. The fraction of sp³-hybridized carbons (Fsp3) is 0.647. The van der Waals surface area contributed by atoms with E-state index >= 15 is 0 Å². The molecule has 2 N–H and O–H groups in total. The molecule has 3 heteroatoms. The van der Waals surface area contributed by atoms with Gasteiger partial charge in [-0.25, -0.2) is 0 Å². The maximum atomic E-state index is 6.18. The van der Waals surface area contributed by atoms with Crippen molar-refractivity contribution >= 4 is 17.3 Å². The molecule has 3 rings (SSSR count). The van der Waals surface area contributed by atoms with Crippen molar-refractivity contribution < 1.29 is 0 Å². The Morgan fingerprint density at radius 3 is 2.30 bits per heavy atom. The Morgan fingerprint density at radius 2 is 1.80 bits per heavy atom. The number of anilines is 1. The van der Waals surface area contributed by atoms with Crippen molar-refractivity contribution in [2.24, 2.45) is 17.6 Å². The highest BCUT2D eigenvalue weighted by atomic mass is 35.5. The Morgan fingerprint density at radius 1 is 1.20 bits per heavy atom. The average Bonchev–Trinajstić information content (AvgIpc) is 3.22. The molecule has 1 aromatic rings. The molecule has 2 aliphatic rings. The average molecular weight is 293 g/mol. The summed E-state index contributed by atoms with van der Waals surface area (Å²) < 4.78 is 0. The molecule has 1 unspecified atom stereocenters. The van der Waals surface area contributed by atoms with Gasteiger partial charge in [-0.1, -0.05) is 11.6 Å². The van der Waals surface area contributed by atoms with Gasteiger partial charge in [0.1, 0.15) is 0 Å². The highest BCUT2D eigenvalue weighted by Gasteiger charge is 2.30. The van der Waals surface area contributed by atoms with E-state index in [-0.39, 0.29) is 6.04 Å². The van der Waals surface area contributed by atoms with E-state index in [1.807, 2.05) is 6.07 Å². The van der Waals surface area contributed by atoms with Gasteiger partial charge in [0.05, 0.1) is 0 Å². The lowest BCUT2D eigenvalue weighted by Gasteiger charge is -2.28. The van der Waals surface area contributed by atoms with Crippen LogP contribution < -0.4 is 10.6 Å². The summed E-state index contributed by atoms with van der Waals surface area (Å²) in [6.07, 6.45) is 6.51. The standard InChI is InChI=1S/C17H25ClN2/c1-12(19)8-15-9-16(18)6-7-17(15)20(10-13-2-3-13)11-14-4-5-14/h6-7,9,12-14H,2-5,8,10-11,19H2,1H3. The number of rotatable bonds is 7. The monoisotopic (exact) mass is 292 g/mol. The van der Waals surface area contributed by atoms with Crippen LogP contribution in [0.3, 0.4) is 0 Å². The molecule has 0 aliphatic heterocycles. The zero-order valence-electron chi connectivity index (χ0n) is 12.3. The molecule has 2 nitrogen and oxygen atoms in total. The molecule has 20 heavy (non-hydrogen) atoms. The lowest BCUT2D eigenvalue weighted by Crippen LogP contribution is -2.30. The van der Waals surface area contributed by atoms with Crippen LogP contribution in [0.2, 0.25) is 5.02 Å². The molecule has 0 radical (unpaired) electrons. The van der Waals surface area contributed by atoms with Crippen LogP contribution in [0.15, 0.2) is 18.2 Å². The van der Waals surface area contributed by atoms with Crippen molar-refractivity contribution in [2.75, 3.05) is 18.0 Å². The molecule has 0 amide bonds. The third-order valence-electron chi connectivity index (χ3n) is 4.28. The van der Waals surface area contributed by atoms with E-state index in [4.69, 9.17) is 17.3 Å². The van der Waals surface area contributed by atoms with Crippen molar-refractivity contribution in [3.8, 4) is 0 Å². The van der Waals surface area contributed by atoms with E-state index in [2.05, 4.69) is 24.0 Å². The number of nitrogens with zero attached hydrogens (tertiary/aromatic N) is 1. The minimum atomic E-state index is 0.177. The first-order chi connectivity index (χ1) is 9.61. The number of benzene rings is 1. The summed E-state index contributed by atoms with van der Waals surface area (Å²) in [6, 6.07) is 6.50. The Labute approximate surface area is 127 Å². The molecule has 0 bridgehead atoms. The summed E-state index contributed by atoms with van der Waals surface area (Å²) in [5.41, 5.74) is 8.69. The minimum Gasteiger partial charge on any atom is -0.371 e. The second kappa shape index (κ2) is 5.95. The molecule has 110 valence electrons. The van der Waals surface area contributed by atoms with Crippen LogP contribution in [0.25, 0.3) is 0 Å². The first-order valence-electron chi connectivity index (χ1n) is 7.91. The molecule has 0 spiro atoms. The van der Waals surface area contributed by atoms with Crippen molar-refractivity contribution in [1.82, 2.24) is 0 Å². The van der Waals surface area contributed by atoms with Crippen LogP contribution >= 0.6 is 11.6 Å². The fourth-order valence-corrected chi connectivity index (χ4v) is 3.06. The predicted molar refractivity (Wildman–Crippen MR) is 86.5 cm³/mol. The molecule has 0 saturated heterocycles. The Hall–Kier alpha value is -0.730. The molecule has 1 aromatic carbocycles. The van der Waals surface area contributed by atoms with Crippen LogP contribution in [-0.2, 0) is 6.42 Å². The molecular formula is C17H25ClN2. The maximum Gasteiger partial charge on any atom is 0.0410 e. The molecule has 2 saturated carbocycles. The summed E-state index contributed by atoms with van der Waals surface area (Å²) >= 11 is 6.18. The molecule has 0 heterocycles. The molecule has 2 fully saturated rings. The summed E-state index contributed by atoms with van der Waals surface area (Å²) in [7, 11) is 0. The highest BCUT2D eigenvalue weighted by molar-refractivity contribution is 6.30. The Bertz CT molecular complexity index is 450. The van der Waals surface area contributed by atoms with Gasteiger partial charge in [-0.05, 0) is 74.6 Å². The number of hydrogen-bond acceptors (Lipinski definition) is 2. The Kier molecular flexibility index (Phi) is 4.23.